The molecule has 0 radical (unpaired) electrons. The van der Waals surface area contributed by atoms with Gasteiger partial charge in [0.15, 0.2) is 5.82 Å². The van der Waals surface area contributed by atoms with Crippen LogP contribution >= 0.6 is 0 Å². The first kappa shape index (κ1) is 37.1. The fraction of sp³-hybridized carbons (Fsp3) is 0.575. The molecule has 1 aliphatic heterocycles. The molecule has 7 rings (SSSR count). The summed E-state index contributed by atoms with van der Waals surface area (Å²) in [7, 11) is -0.394. The lowest BCUT2D eigenvalue weighted by atomic mass is 9.84. The zero-order chi connectivity index (χ0) is 37.9. The Kier molecular flexibility index (Phi) is 9.70. The van der Waals surface area contributed by atoms with Gasteiger partial charge in [0.05, 0.1) is 34.9 Å². The zero-order valence-corrected chi connectivity index (χ0v) is 32.4. The number of carbonyl (C=O) groups is 3. The number of carbonyl (C=O) groups excluding carboxylic acids is 3. The van der Waals surface area contributed by atoms with E-state index in [4.69, 9.17) is 19.6 Å². The van der Waals surface area contributed by atoms with Crippen molar-refractivity contribution in [2.24, 2.45) is 23.2 Å². The Bertz CT molecular complexity index is 2080. The molecule has 284 valence electrons. The average molecular weight is 746 g/mol. The summed E-state index contributed by atoms with van der Waals surface area (Å²) < 4.78 is 42.1. The number of benzene rings is 1. The Balaban J connectivity index is 1.21. The van der Waals surface area contributed by atoms with E-state index < -0.39 is 44.5 Å². The number of hydrogen-bond acceptors (Lipinski definition) is 9. The standard InChI is InChI=1S/C40H51N5O7S/c1-24-32(51-6)15-14-28-33(21-35(41-36(24)28)45-18-16-34(42-45)39(2,3)4)52-26-19-29-30(20-26)37(47)44(5)17-10-8-7-9-11-25-22-40(25,23-31(29)46)38(48)43-53(49,50)27-12-13-27/h9,11,14-16,18,21,25-27,29-30H,7-8,10,12-13,17,19-20,22-23H2,1-6H3,(H,43,48)/b11-9-/t25-,26-,29-,30?,40-/m1/s1. The van der Waals surface area contributed by atoms with Gasteiger partial charge in [0, 0.05) is 54.6 Å². The smallest absolute Gasteiger partial charge is 0.240 e. The maximum absolute atomic E-state index is 14.4. The van der Waals surface area contributed by atoms with Gasteiger partial charge in [-0.2, -0.15) is 5.10 Å². The van der Waals surface area contributed by atoms with Crippen LogP contribution in [-0.2, 0) is 29.8 Å². The Morgan fingerprint density at radius 2 is 1.81 bits per heavy atom. The quantitative estimate of drug-likeness (QED) is 0.306. The number of nitrogens with zero attached hydrogens (tertiary/aromatic N) is 4. The van der Waals surface area contributed by atoms with Crippen molar-refractivity contribution in [3.05, 3.63) is 53.9 Å². The number of nitrogens with one attached hydrogen (secondary N) is 1. The van der Waals surface area contributed by atoms with Crippen LogP contribution < -0.4 is 14.2 Å². The number of aromatic nitrogens is 3. The number of fused-ring (bicyclic) bond motifs is 3. The lowest BCUT2D eigenvalue weighted by Crippen LogP contribution is -2.42. The van der Waals surface area contributed by atoms with Gasteiger partial charge in [0.25, 0.3) is 0 Å². The van der Waals surface area contributed by atoms with Gasteiger partial charge in [0.2, 0.25) is 21.8 Å². The SMILES string of the molecule is COc1ccc2c(O[C@H]3CC4C(=O)N(C)CCCC/C=C\[C@@H]5C[C@@]5(C(=O)NS(=O)(=O)C5CC5)CC(=O)[C@@H]4C3)cc(-n3ccc(C(C)(C)C)n3)nc2c1C. The highest BCUT2D eigenvalue weighted by atomic mass is 32.2. The van der Waals surface area contributed by atoms with E-state index in [9.17, 15) is 22.8 Å². The van der Waals surface area contributed by atoms with Crippen molar-refractivity contribution >= 4 is 38.5 Å². The number of Topliss-reactive ketones (excluding diaryl/α,β-unsaturated/α-hetero) is 1. The number of hydrogen-bond donors (Lipinski definition) is 1. The van der Waals surface area contributed by atoms with Gasteiger partial charge < -0.3 is 14.4 Å². The molecule has 5 atom stereocenters. The molecule has 3 fully saturated rings. The van der Waals surface area contributed by atoms with E-state index in [0.717, 1.165) is 35.9 Å². The summed E-state index contributed by atoms with van der Waals surface area (Å²) in [5.74, 6) is -0.703. The third-order valence-corrected chi connectivity index (χ3v) is 13.4. The zero-order valence-electron chi connectivity index (χ0n) is 31.6. The van der Waals surface area contributed by atoms with Crippen molar-refractivity contribution in [3.8, 4) is 17.3 Å². The van der Waals surface area contributed by atoms with Crippen LogP contribution in [0, 0.1) is 30.1 Å². The van der Waals surface area contributed by atoms with Crippen LogP contribution in [0.3, 0.4) is 0 Å². The van der Waals surface area contributed by atoms with Crippen LogP contribution in [0.4, 0.5) is 0 Å². The molecule has 1 aromatic carbocycles. The summed E-state index contributed by atoms with van der Waals surface area (Å²) >= 11 is 0. The number of aryl methyl sites for hydroxylation is 1. The summed E-state index contributed by atoms with van der Waals surface area (Å²) in [4.78, 5) is 48.9. The number of rotatable bonds is 7. The van der Waals surface area contributed by atoms with E-state index in [2.05, 4.69) is 25.5 Å². The van der Waals surface area contributed by atoms with E-state index in [1.165, 1.54) is 0 Å². The van der Waals surface area contributed by atoms with Crippen LogP contribution in [0.15, 0.2) is 42.6 Å². The molecule has 1 unspecified atom stereocenters. The topological polar surface area (TPSA) is 150 Å². The average Bonchev–Trinajstić information content (AvgIpc) is 3.98. The second-order valence-electron chi connectivity index (χ2n) is 16.6. The lowest BCUT2D eigenvalue weighted by molar-refractivity contribution is -0.140. The summed E-state index contributed by atoms with van der Waals surface area (Å²) in [6.07, 6.45) is 9.75. The fourth-order valence-corrected chi connectivity index (χ4v) is 9.46. The molecule has 3 saturated carbocycles. The van der Waals surface area contributed by atoms with Crippen molar-refractivity contribution in [2.75, 3.05) is 20.7 Å². The number of ketones is 1. The third kappa shape index (κ3) is 7.33. The normalized spacial score (nSPS) is 27.5. The predicted octanol–water partition coefficient (Wildman–Crippen LogP) is 5.58. The highest BCUT2D eigenvalue weighted by molar-refractivity contribution is 7.90. The van der Waals surface area contributed by atoms with Crippen LogP contribution in [-0.4, -0.2) is 77.7 Å². The predicted molar refractivity (Wildman–Crippen MR) is 200 cm³/mol. The van der Waals surface area contributed by atoms with E-state index in [0.29, 0.717) is 55.1 Å². The van der Waals surface area contributed by atoms with Gasteiger partial charge in [-0.1, -0.05) is 32.9 Å². The van der Waals surface area contributed by atoms with Crippen molar-refractivity contribution in [1.82, 2.24) is 24.4 Å². The molecule has 53 heavy (non-hydrogen) atoms. The van der Waals surface area contributed by atoms with Crippen LogP contribution in [0.5, 0.6) is 11.5 Å². The van der Waals surface area contributed by atoms with Crippen molar-refractivity contribution < 1.29 is 32.3 Å². The summed E-state index contributed by atoms with van der Waals surface area (Å²) in [6.45, 7) is 8.82. The van der Waals surface area contributed by atoms with Gasteiger partial charge in [-0.15, -0.1) is 0 Å². The number of allylic oxidation sites excluding steroid dienone is 2. The first-order chi connectivity index (χ1) is 25.1. The van der Waals surface area contributed by atoms with Crippen LogP contribution in [0.1, 0.15) is 89.8 Å². The van der Waals surface area contributed by atoms with Crippen molar-refractivity contribution in [3.63, 3.8) is 0 Å². The first-order valence-corrected chi connectivity index (χ1v) is 20.4. The number of sulfonamides is 1. The second kappa shape index (κ2) is 13.9. The van der Waals surface area contributed by atoms with E-state index in [1.807, 2.05) is 49.5 Å². The van der Waals surface area contributed by atoms with E-state index in [1.54, 1.807) is 23.7 Å². The van der Waals surface area contributed by atoms with Crippen molar-refractivity contribution in [2.45, 2.75) is 102 Å². The molecular weight excluding hydrogens is 695 g/mol. The Morgan fingerprint density at radius 1 is 1.06 bits per heavy atom. The largest absolute Gasteiger partial charge is 0.496 e. The van der Waals surface area contributed by atoms with E-state index in [-0.39, 0.29) is 35.9 Å². The summed E-state index contributed by atoms with van der Waals surface area (Å²) in [5.41, 5.74) is 1.12. The molecule has 2 aromatic heterocycles. The van der Waals surface area contributed by atoms with Crippen LogP contribution in [0.2, 0.25) is 0 Å². The molecule has 3 aliphatic carbocycles. The highest BCUT2D eigenvalue weighted by Crippen LogP contribution is 2.58. The molecule has 12 nitrogen and oxygen atoms in total. The number of amides is 2. The maximum Gasteiger partial charge on any atom is 0.240 e. The van der Waals surface area contributed by atoms with Crippen molar-refractivity contribution in [1.29, 1.82) is 0 Å². The number of ether oxygens (including phenoxy) is 2. The third-order valence-electron chi connectivity index (χ3n) is 11.6. The molecule has 3 heterocycles. The molecule has 0 saturated heterocycles. The van der Waals surface area contributed by atoms with Gasteiger partial charge >= 0.3 is 0 Å². The Hall–Kier alpha value is -4.26. The highest BCUT2D eigenvalue weighted by Gasteiger charge is 2.61. The molecule has 0 spiro atoms. The first-order valence-electron chi connectivity index (χ1n) is 18.8. The number of pyridine rings is 1. The van der Waals surface area contributed by atoms with Gasteiger partial charge in [0.1, 0.15) is 23.4 Å². The minimum absolute atomic E-state index is 0.115. The molecule has 13 heteroatoms. The fourth-order valence-electron chi connectivity index (χ4n) is 8.08. The molecule has 1 N–H and O–H groups in total. The Labute approximate surface area is 311 Å². The monoisotopic (exact) mass is 745 g/mol. The summed E-state index contributed by atoms with van der Waals surface area (Å²) in [6, 6.07) is 7.61. The Morgan fingerprint density at radius 3 is 2.51 bits per heavy atom. The molecular formula is C40H51N5O7S. The molecule has 0 bridgehead atoms. The maximum atomic E-state index is 14.4. The molecule has 2 amide bonds. The van der Waals surface area contributed by atoms with Crippen LogP contribution in [0.25, 0.3) is 16.7 Å². The second-order valence-corrected chi connectivity index (χ2v) is 18.5. The van der Waals surface area contributed by atoms with Gasteiger partial charge in [-0.05, 0) is 82.4 Å². The lowest BCUT2D eigenvalue weighted by Gasteiger charge is -2.26. The minimum atomic E-state index is -3.79. The van der Waals surface area contributed by atoms with E-state index >= 15 is 0 Å². The molecule has 4 aliphatic rings. The number of methoxy groups -OCH3 is 1. The van der Waals surface area contributed by atoms with Gasteiger partial charge in [-0.3, -0.25) is 19.1 Å². The summed E-state index contributed by atoms with van der Waals surface area (Å²) in [5, 5.41) is 5.03. The molecule has 3 aromatic rings. The van der Waals surface area contributed by atoms with Gasteiger partial charge in [-0.25, -0.2) is 18.1 Å². The minimum Gasteiger partial charge on any atom is -0.496 e.